The quantitative estimate of drug-likeness (QED) is 0.921. The summed E-state index contributed by atoms with van der Waals surface area (Å²) in [6.45, 7) is 7.95. The molecule has 0 radical (unpaired) electrons. The first kappa shape index (κ1) is 15.0. The van der Waals surface area contributed by atoms with Crippen LogP contribution in [0.4, 0.5) is 0 Å². The van der Waals surface area contributed by atoms with Crippen molar-refractivity contribution in [3.05, 3.63) is 35.4 Å². The van der Waals surface area contributed by atoms with Gasteiger partial charge in [0.15, 0.2) is 0 Å². The Morgan fingerprint density at radius 3 is 2.50 bits per heavy atom. The molecule has 1 saturated heterocycles. The van der Waals surface area contributed by atoms with Gasteiger partial charge in [-0.15, -0.1) is 0 Å². The fourth-order valence-corrected chi connectivity index (χ4v) is 2.88. The molecule has 1 aromatic carbocycles. The lowest BCUT2D eigenvalue weighted by Gasteiger charge is -2.26. The average molecular weight is 274 g/mol. The van der Waals surface area contributed by atoms with E-state index >= 15 is 0 Å². The van der Waals surface area contributed by atoms with Gasteiger partial charge in [-0.05, 0) is 29.4 Å². The number of carbonyl (C=O) groups is 1. The highest BCUT2D eigenvalue weighted by atomic mass is 16.2. The maximum absolute atomic E-state index is 12.1. The predicted octanol–water partition coefficient (Wildman–Crippen LogP) is 3.00. The molecule has 110 valence electrons. The number of likely N-dealkylation sites (tertiary alicyclic amines) is 1. The third kappa shape index (κ3) is 3.21. The fourth-order valence-electron chi connectivity index (χ4n) is 2.88. The van der Waals surface area contributed by atoms with Crippen LogP contribution in [0.25, 0.3) is 0 Å². The summed E-state index contributed by atoms with van der Waals surface area (Å²) in [7, 11) is 0. The number of rotatable bonds is 3. The Balaban J connectivity index is 2.16. The standard InChI is InChI=1S/C17H26N2O/c1-17(2,3)14-8-6-13(7-9-14)15-5-4-12-19(15)16(20)10-11-18/h6-9,15H,4-5,10-12,18H2,1-3H3. The van der Waals surface area contributed by atoms with Crippen molar-refractivity contribution in [2.24, 2.45) is 5.73 Å². The van der Waals surface area contributed by atoms with Crippen LogP contribution in [0.2, 0.25) is 0 Å². The number of hydrogen-bond donors (Lipinski definition) is 1. The van der Waals surface area contributed by atoms with Gasteiger partial charge in [0.2, 0.25) is 5.91 Å². The monoisotopic (exact) mass is 274 g/mol. The highest BCUT2D eigenvalue weighted by molar-refractivity contribution is 5.77. The molecular formula is C17H26N2O. The molecule has 2 rings (SSSR count). The lowest BCUT2D eigenvalue weighted by Crippen LogP contribution is -2.31. The summed E-state index contributed by atoms with van der Waals surface area (Å²) in [6, 6.07) is 8.99. The lowest BCUT2D eigenvalue weighted by molar-refractivity contribution is -0.131. The van der Waals surface area contributed by atoms with Gasteiger partial charge in [-0.3, -0.25) is 4.79 Å². The second kappa shape index (κ2) is 5.96. The zero-order valence-electron chi connectivity index (χ0n) is 12.9. The summed E-state index contributed by atoms with van der Waals surface area (Å²) in [4.78, 5) is 14.1. The van der Waals surface area contributed by atoms with Crippen LogP contribution in [-0.4, -0.2) is 23.9 Å². The Bertz CT molecular complexity index is 459. The maximum atomic E-state index is 12.1. The fraction of sp³-hybridized carbons (Fsp3) is 0.588. The second-order valence-electron chi connectivity index (χ2n) is 6.66. The SMILES string of the molecule is CC(C)(C)c1ccc(C2CCCN2C(=O)CCN)cc1. The van der Waals surface area contributed by atoms with Gasteiger partial charge < -0.3 is 10.6 Å². The molecule has 1 aliphatic heterocycles. The molecule has 1 aromatic rings. The van der Waals surface area contributed by atoms with Crippen molar-refractivity contribution in [1.29, 1.82) is 0 Å². The molecule has 0 spiro atoms. The molecule has 0 aromatic heterocycles. The van der Waals surface area contributed by atoms with Crippen molar-refractivity contribution in [3.63, 3.8) is 0 Å². The van der Waals surface area contributed by atoms with E-state index in [-0.39, 0.29) is 17.4 Å². The van der Waals surface area contributed by atoms with Gasteiger partial charge in [-0.1, -0.05) is 45.0 Å². The molecule has 1 amide bonds. The van der Waals surface area contributed by atoms with Gasteiger partial charge in [-0.25, -0.2) is 0 Å². The van der Waals surface area contributed by atoms with Crippen LogP contribution >= 0.6 is 0 Å². The minimum Gasteiger partial charge on any atom is -0.336 e. The average Bonchev–Trinajstić information content (AvgIpc) is 2.87. The molecule has 1 aliphatic rings. The smallest absolute Gasteiger partial charge is 0.224 e. The third-order valence-electron chi connectivity index (χ3n) is 4.09. The van der Waals surface area contributed by atoms with Gasteiger partial charge in [-0.2, -0.15) is 0 Å². The van der Waals surface area contributed by atoms with E-state index in [0.717, 1.165) is 19.4 Å². The molecule has 0 saturated carbocycles. The van der Waals surface area contributed by atoms with Crippen LogP contribution in [0.1, 0.15) is 57.2 Å². The number of nitrogens with two attached hydrogens (primary N) is 1. The van der Waals surface area contributed by atoms with Crippen molar-refractivity contribution in [2.75, 3.05) is 13.1 Å². The van der Waals surface area contributed by atoms with Gasteiger partial charge in [0.25, 0.3) is 0 Å². The Morgan fingerprint density at radius 1 is 1.30 bits per heavy atom. The predicted molar refractivity (Wildman–Crippen MR) is 82.5 cm³/mol. The van der Waals surface area contributed by atoms with E-state index in [4.69, 9.17) is 5.73 Å². The van der Waals surface area contributed by atoms with E-state index in [1.807, 2.05) is 4.90 Å². The van der Waals surface area contributed by atoms with Crippen molar-refractivity contribution >= 4 is 5.91 Å². The zero-order chi connectivity index (χ0) is 14.8. The molecule has 1 heterocycles. The normalized spacial score (nSPS) is 19.4. The van der Waals surface area contributed by atoms with E-state index in [1.165, 1.54) is 11.1 Å². The van der Waals surface area contributed by atoms with Crippen molar-refractivity contribution in [3.8, 4) is 0 Å². The summed E-state index contributed by atoms with van der Waals surface area (Å²) in [5, 5.41) is 0. The summed E-state index contributed by atoms with van der Waals surface area (Å²) < 4.78 is 0. The van der Waals surface area contributed by atoms with Crippen LogP contribution in [-0.2, 0) is 10.2 Å². The van der Waals surface area contributed by atoms with Crippen LogP contribution in [0.5, 0.6) is 0 Å². The molecule has 2 N–H and O–H groups in total. The van der Waals surface area contributed by atoms with Crippen LogP contribution in [0, 0.1) is 0 Å². The molecule has 3 heteroatoms. The van der Waals surface area contributed by atoms with E-state index < -0.39 is 0 Å². The molecule has 20 heavy (non-hydrogen) atoms. The van der Waals surface area contributed by atoms with Gasteiger partial charge in [0, 0.05) is 19.5 Å². The number of benzene rings is 1. The topological polar surface area (TPSA) is 46.3 Å². The Hall–Kier alpha value is -1.35. The van der Waals surface area contributed by atoms with E-state index in [1.54, 1.807) is 0 Å². The highest BCUT2D eigenvalue weighted by Gasteiger charge is 2.29. The maximum Gasteiger partial charge on any atom is 0.224 e. The molecule has 3 nitrogen and oxygen atoms in total. The van der Waals surface area contributed by atoms with Gasteiger partial charge >= 0.3 is 0 Å². The number of hydrogen-bond acceptors (Lipinski definition) is 2. The first-order valence-corrected chi connectivity index (χ1v) is 7.53. The summed E-state index contributed by atoms with van der Waals surface area (Å²) >= 11 is 0. The lowest BCUT2D eigenvalue weighted by atomic mass is 9.86. The van der Waals surface area contributed by atoms with Crippen LogP contribution < -0.4 is 5.73 Å². The molecule has 1 unspecified atom stereocenters. The second-order valence-corrected chi connectivity index (χ2v) is 6.66. The van der Waals surface area contributed by atoms with Crippen molar-refractivity contribution in [2.45, 2.75) is 51.5 Å². The third-order valence-corrected chi connectivity index (χ3v) is 4.09. The summed E-state index contributed by atoms with van der Waals surface area (Å²) in [5.74, 6) is 0.190. The van der Waals surface area contributed by atoms with Crippen molar-refractivity contribution in [1.82, 2.24) is 4.90 Å². The molecule has 0 bridgehead atoms. The van der Waals surface area contributed by atoms with Crippen LogP contribution in [0.3, 0.4) is 0 Å². The summed E-state index contributed by atoms with van der Waals surface area (Å²) in [6.07, 6.45) is 2.60. The Morgan fingerprint density at radius 2 is 1.95 bits per heavy atom. The number of carbonyl (C=O) groups excluding carboxylic acids is 1. The minimum atomic E-state index is 0.170. The zero-order valence-corrected chi connectivity index (χ0v) is 12.9. The molecule has 1 atom stereocenters. The number of nitrogens with zero attached hydrogens (tertiary/aromatic N) is 1. The van der Waals surface area contributed by atoms with Crippen LogP contribution in [0.15, 0.2) is 24.3 Å². The van der Waals surface area contributed by atoms with E-state index in [0.29, 0.717) is 13.0 Å². The molecular weight excluding hydrogens is 248 g/mol. The minimum absolute atomic E-state index is 0.170. The largest absolute Gasteiger partial charge is 0.336 e. The molecule has 0 aliphatic carbocycles. The van der Waals surface area contributed by atoms with Gasteiger partial charge in [0.05, 0.1) is 6.04 Å². The number of amides is 1. The first-order valence-electron chi connectivity index (χ1n) is 7.53. The highest BCUT2D eigenvalue weighted by Crippen LogP contribution is 2.33. The first-order chi connectivity index (χ1) is 9.43. The van der Waals surface area contributed by atoms with E-state index in [9.17, 15) is 4.79 Å². The summed E-state index contributed by atoms with van der Waals surface area (Å²) in [5.41, 5.74) is 8.25. The Kier molecular flexibility index (Phi) is 4.48. The van der Waals surface area contributed by atoms with Crippen molar-refractivity contribution < 1.29 is 4.79 Å². The molecule has 1 fully saturated rings. The van der Waals surface area contributed by atoms with E-state index in [2.05, 4.69) is 45.0 Å². The Labute approximate surface area is 122 Å². The van der Waals surface area contributed by atoms with Gasteiger partial charge in [0.1, 0.15) is 0 Å².